The Morgan fingerprint density at radius 3 is 2.90 bits per heavy atom. The van der Waals surface area contributed by atoms with Gasteiger partial charge in [0.1, 0.15) is 11.5 Å². The van der Waals surface area contributed by atoms with Gasteiger partial charge in [-0.25, -0.2) is 4.98 Å². The zero-order valence-electron chi connectivity index (χ0n) is 12.5. The molecule has 1 amide bonds. The first-order valence-corrected chi connectivity index (χ1v) is 7.48. The van der Waals surface area contributed by atoms with Crippen LogP contribution in [0.2, 0.25) is 0 Å². The standard InChI is InChI=1S/C15H24N4O/c1-4-17-14-9-16-8-13(18-14)15(20)19-12-7-5-6-10(2)11(12)3/h8-12H,4-7H2,1-3H3,(H,17,18)(H,19,20). The second kappa shape index (κ2) is 6.68. The molecule has 2 N–H and O–H groups in total. The van der Waals surface area contributed by atoms with Crippen LogP contribution < -0.4 is 10.6 Å². The lowest BCUT2D eigenvalue weighted by molar-refractivity contribution is 0.0885. The number of carbonyl (C=O) groups excluding carboxylic acids is 1. The van der Waals surface area contributed by atoms with E-state index in [1.165, 1.54) is 19.0 Å². The van der Waals surface area contributed by atoms with Crippen LogP contribution in [-0.2, 0) is 0 Å². The summed E-state index contributed by atoms with van der Waals surface area (Å²) in [7, 11) is 0. The average molecular weight is 276 g/mol. The minimum Gasteiger partial charge on any atom is -0.369 e. The van der Waals surface area contributed by atoms with Crippen molar-refractivity contribution >= 4 is 11.7 Å². The molecule has 20 heavy (non-hydrogen) atoms. The minimum absolute atomic E-state index is 0.122. The first kappa shape index (κ1) is 14.8. The first-order chi connectivity index (χ1) is 9.61. The van der Waals surface area contributed by atoms with E-state index >= 15 is 0 Å². The molecule has 1 saturated carbocycles. The van der Waals surface area contributed by atoms with Gasteiger partial charge in [0, 0.05) is 12.6 Å². The van der Waals surface area contributed by atoms with Crippen molar-refractivity contribution in [3.63, 3.8) is 0 Å². The second-order valence-corrected chi connectivity index (χ2v) is 5.67. The van der Waals surface area contributed by atoms with E-state index < -0.39 is 0 Å². The summed E-state index contributed by atoms with van der Waals surface area (Å²) in [4.78, 5) is 20.6. The SMILES string of the molecule is CCNc1cncc(C(=O)NC2CCCC(C)C2C)n1. The van der Waals surface area contributed by atoms with Gasteiger partial charge in [-0.15, -0.1) is 0 Å². The van der Waals surface area contributed by atoms with Gasteiger partial charge in [0.2, 0.25) is 0 Å². The van der Waals surface area contributed by atoms with E-state index in [9.17, 15) is 4.79 Å². The summed E-state index contributed by atoms with van der Waals surface area (Å²) in [6.45, 7) is 7.22. The molecule has 1 fully saturated rings. The van der Waals surface area contributed by atoms with Crippen molar-refractivity contribution in [3.8, 4) is 0 Å². The van der Waals surface area contributed by atoms with Crippen LogP contribution in [0, 0.1) is 11.8 Å². The summed E-state index contributed by atoms with van der Waals surface area (Å²) in [5, 5.41) is 6.18. The molecule has 110 valence electrons. The normalized spacial score (nSPS) is 26.1. The third-order valence-corrected chi connectivity index (χ3v) is 4.25. The predicted molar refractivity (Wildman–Crippen MR) is 79.6 cm³/mol. The quantitative estimate of drug-likeness (QED) is 0.886. The van der Waals surface area contributed by atoms with Gasteiger partial charge in [0.15, 0.2) is 0 Å². The number of hydrogen-bond donors (Lipinski definition) is 2. The van der Waals surface area contributed by atoms with E-state index in [2.05, 4.69) is 34.4 Å². The summed E-state index contributed by atoms with van der Waals surface area (Å²) < 4.78 is 0. The van der Waals surface area contributed by atoms with Crippen molar-refractivity contribution in [3.05, 3.63) is 18.1 Å². The van der Waals surface area contributed by atoms with Crippen LogP contribution in [0.15, 0.2) is 12.4 Å². The molecule has 0 radical (unpaired) electrons. The van der Waals surface area contributed by atoms with Gasteiger partial charge in [-0.3, -0.25) is 9.78 Å². The number of carbonyl (C=O) groups is 1. The Kier molecular flexibility index (Phi) is 4.93. The summed E-state index contributed by atoms with van der Waals surface area (Å²) in [5.41, 5.74) is 0.383. The average Bonchev–Trinajstić information content (AvgIpc) is 2.44. The molecule has 0 saturated heterocycles. The summed E-state index contributed by atoms with van der Waals surface area (Å²) in [6.07, 6.45) is 6.64. The van der Waals surface area contributed by atoms with Gasteiger partial charge >= 0.3 is 0 Å². The Bertz CT molecular complexity index is 463. The molecule has 0 aliphatic heterocycles. The molecule has 5 nitrogen and oxygen atoms in total. The Hall–Kier alpha value is -1.65. The van der Waals surface area contributed by atoms with E-state index in [0.29, 0.717) is 23.3 Å². The maximum atomic E-state index is 12.3. The fourth-order valence-corrected chi connectivity index (χ4v) is 2.77. The summed E-state index contributed by atoms with van der Waals surface area (Å²) >= 11 is 0. The molecule has 1 aromatic rings. The second-order valence-electron chi connectivity index (χ2n) is 5.67. The van der Waals surface area contributed by atoms with Crippen molar-refractivity contribution in [2.45, 2.75) is 46.1 Å². The molecule has 1 aliphatic rings. The number of nitrogens with one attached hydrogen (secondary N) is 2. The lowest BCUT2D eigenvalue weighted by atomic mass is 9.78. The van der Waals surface area contributed by atoms with Crippen LogP contribution in [0.3, 0.4) is 0 Å². The monoisotopic (exact) mass is 276 g/mol. The van der Waals surface area contributed by atoms with Crippen molar-refractivity contribution in [2.24, 2.45) is 11.8 Å². The topological polar surface area (TPSA) is 66.9 Å². The van der Waals surface area contributed by atoms with Gasteiger partial charge in [-0.1, -0.05) is 26.7 Å². The molecule has 1 aromatic heterocycles. The van der Waals surface area contributed by atoms with E-state index in [-0.39, 0.29) is 11.9 Å². The van der Waals surface area contributed by atoms with Crippen LogP contribution in [0.4, 0.5) is 5.82 Å². The van der Waals surface area contributed by atoms with Crippen LogP contribution in [0.1, 0.15) is 50.5 Å². The number of anilines is 1. The Morgan fingerprint density at radius 2 is 2.15 bits per heavy atom. The van der Waals surface area contributed by atoms with E-state index in [1.54, 1.807) is 6.20 Å². The Labute approximate surface area is 120 Å². The highest BCUT2D eigenvalue weighted by Crippen LogP contribution is 2.29. The first-order valence-electron chi connectivity index (χ1n) is 7.48. The summed E-state index contributed by atoms with van der Waals surface area (Å²) in [5.74, 6) is 1.69. The number of aromatic nitrogens is 2. The molecule has 1 heterocycles. The predicted octanol–water partition coefficient (Wildman–Crippen LogP) is 2.46. The van der Waals surface area contributed by atoms with E-state index in [1.807, 2.05) is 6.92 Å². The maximum Gasteiger partial charge on any atom is 0.271 e. The van der Waals surface area contributed by atoms with Crippen molar-refractivity contribution in [1.29, 1.82) is 0 Å². The van der Waals surface area contributed by atoms with E-state index in [0.717, 1.165) is 13.0 Å². The third-order valence-electron chi connectivity index (χ3n) is 4.25. The number of rotatable bonds is 4. The van der Waals surface area contributed by atoms with Crippen LogP contribution >= 0.6 is 0 Å². The zero-order valence-corrected chi connectivity index (χ0v) is 12.5. The molecule has 5 heteroatoms. The Balaban J connectivity index is 2.02. The highest BCUT2D eigenvalue weighted by atomic mass is 16.1. The molecule has 2 rings (SSSR count). The lowest BCUT2D eigenvalue weighted by Crippen LogP contribution is -2.44. The molecule has 0 aromatic carbocycles. The number of nitrogens with zero attached hydrogens (tertiary/aromatic N) is 2. The van der Waals surface area contributed by atoms with Crippen molar-refractivity contribution < 1.29 is 4.79 Å². The maximum absolute atomic E-state index is 12.3. The van der Waals surface area contributed by atoms with Gasteiger partial charge in [0.05, 0.1) is 12.4 Å². The fraction of sp³-hybridized carbons (Fsp3) is 0.667. The van der Waals surface area contributed by atoms with E-state index in [4.69, 9.17) is 0 Å². The molecular formula is C15H24N4O. The number of amides is 1. The van der Waals surface area contributed by atoms with Crippen LogP contribution in [0.25, 0.3) is 0 Å². The molecule has 0 bridgehead atoms. The van der Waals surface area contributed by atoms with Gasteiger partial charge in [0.25, 0.3) is 5.91 Å². The molecule has 3 atom stereocenters. The molecule has 3 unspecified atom stereocenters. The van der Waals surface area contributed by atoms with Gasteiger partial charge in [-0.05, 0) is 25.2 Å². The van der Waals surface area contributed by atoms with Gasteiger partial charge < -0.3 is 10.6 Å². The fourth-order valence-electron chi connectivity index (χ4n) is 2.77. The molecular weight excluding hydrogens is 252 g/mol. The van der Waals surface area contributed by atoms with Crippen molar-refractivity contribution in [2.75, 3.05) is 11.9 Å². The van der Waals surface area contributed by atoms with Crippen LogP contribution in [-0.4, -0.2) is 28.5 Å². The molecule has 1 aliphatic carbocycles. The third kappa shape index (κ3) is 3.46. The Morgan fingerprint density at radius 1 is 1.35 bits per heavy atom. The smallest absolute Gasteiger partial charge is 0.271 e. The number of hydrogen-bond acceptors (Lipinski definition) is 4. The highest BCUT2D eigenvalue weighted by Gasteiger charge is 2.28. The molecule has 0 spiro atoms. The summed E-state index contributed by atoms with van der Waals surface area (Å²) in [6, 6.07) is 0.246. The lowest BCUT2D eigenvalue weighted by Gasteiger charge is -2.34. The highest BCUT2D eigenvalue weighted by molar-refractivity contribution is 5.92. The van der Waals surface area contributed by atoms with Gasteiger partial charge in [-0.2, -0.15) is 0 Å². The van der Waals surface area contributed by atoms with Crippen molar-refractivity contribution in [1.82, 2.24) is 15.3 Å². The van der Waals surface area contributed by atoms with Crippen LogP contribution in [0.5, 0.6) is 0 Å². The largest absolute Gasteiger partial charge is 0.369 e. The minimum atomic E-state index is -0.122. The zero-order chi connectivity index (χ0) is 14.5.